The topological polar surface area (TPSA) is 29.1 Å². The molecule has 1 amide bonds. The molecule has 0 aliphatic heterocycles. The second-order valence-electron chi connectivity index (χ2n) is 2.95. The Morgan fingerprint density at radius 2 is 2.00 bits per heavy atom. The fraction of sp³-hybridized carbons (Fsp3) is 0.100. The summed E-state index contributed by atoms with van der Waals surface area (Å²) in [4.78, 5) is 11.4. The SMILES string of the molecule is C=C(Cl)CNC(=O)c1cc(F)c(Cl)cc1F. The van der Waals surface area contributed by atoms with Crippen molar-refractivity contribution in [2.75, 3.05) is 6.54 Å². The number of carbonyl (C=O) groups is 1. The molecule has 1 N–H and O–H groups in total. The van der Waals surface area contributed by atoms with E-state index in [1.165, 1.54) is 0 Å². The van der Waals surface area contributed by atoms with Crippen molar-refractivity contribution in [3.8, 4) is 0 Å². The summed E-state index contributed by atoms with van der Waals surface area (Å²) in [6.45, 7) is 3.31. The van der Waals surface area contributed by atoms with Gasteiger partial charge in [0.15, 0.2) is 0 Å². The second-order valence-corrected chi connectivity index (χ2v) is 3.89. The number of halogens is 4. The van der Waals surface area contributed by atoms with Crippen LogP contribution in [0.25, 0.3) is 0 Å². The first kappa shape index (κ1) is 12.9. The molecule has 86 valence electrons. The van der Waals surface area contributed by atoms with E-state index < -0.39 is 23.1 Å². The van der Waals surface area contributed by atoms with Crippen LogP contribution in [0, 0.1) is 11.6 Å². The molecule has 1 aromatic carbocycles. The van der Waals surface area contributed by atoms with Gasteiger partial charge in [-0.2, -0.15) is 0 Å². The first-order valence-corrected chi connectivity index (χ1v) is 4.93. The van der Waals surface area contributed by atoms with E-state index in [0.717, 1.165) is 12.1 Å². The molecular formula is C10H7Cl2F2NO. The van der Waals surface area contributed by atoms with E-state index in [0.29, 0.717) is 0 Å². The van der Waals surface area contributed by atoms with Gasteiger partial charge in [-0.15, -0.1) is 0 Å². The smallest absolute Gasteiger partial charge is 0.254 e. The van der Waals surface area contributed by atoms with Crippen LogP contribution in [0.2, 0.25) is 5.02 Å². The van der Waals surface area contributed by atoms with Crippen LogP contribution in [0.15, 0.2) is 23.7 Å². The Kier molecular flexibility index (Phi) is 4.26. The minimum atomic E-state index is -0.899. The normalized spacial score (nSPS) is 10.0. The molecule has 1 rings (SSSR count). The molecule has 0 radical (unpaired) electrons. The lowest BCUT2D eigenvalue weighted by atomic mass is 10.2. The zero-order valence-electron chi connectivity index (χ0n) is 7.99. The maximum absolute atomic E-state index is 13.2. The first-order chi connectivity index (χ1) is 7.41. The van der Waals surface area contributed by atoms with Crippen LogP contribution >= 0.6 is 23.2 Å². The van der Waals surface area contributed by atoms with Gasteiger partial charge in [-0.1, -0.05) is 29.8 Å². The second kappa shape index (κ2) is 5.27. The molecule has 0 aliphatic rings. The van der Waals surface area contributed by atoms with E-state index >= 15 is 0 Å². The van der Waals surface area contributed by atoms with Gasteiger partial charge in [-0.25, -0.2) is 8.78 Å². The van der Waals surface area contributed by atoms with Crippen LogP contribution in [-0.4, -0.2) is 12.5 Å². The van der Waals surface area contributed by atoms with Gasteiger partial charge in [0.1, 0.15) is 11.6 Å². The quantitative estimate of drug-likeness (QED) is 0.837. The third-order valence-corrected chi connectivity index (χ3v) is 2.12. The molecule has 0 saturated carbocycles. The number of amides is 1. The summed E-state index contributed by atoms with van der Waals surface area (Å²) in [5.74, 6) is -2.54. The molecule has 0 unspecified atom stereocenters. The molecule has 0 heterocycles. The van der Waals surface area contributed by atoms with Crippen molar-refractivity contribution in [3.63, 3.8) is 0 Å². The van der Waals surface area contributed by atoms with Gasteiger partial charge < -0.3 is 5.32 Å². The van der Waals surface area contributed by atoms with Crippen LogP contribution < -0.4 is 5.32 Å². The molecule has 0 bridgehead atoms. The zero-order valence-corrected chi connectivity index (χ0v) is 9.50. The molecule has 6 heteroatoms. The molecule has 0 spiro atoms. The van der Waals surface area contributed by atoms with Gasteiger partial charge in [0, 0.05) is 5.03 Å². The van der Waals surface area contributed by atoms with Gasteiger partial charge >= 0.3 is 0 Å². The Morgan fingerprint density at radius 1 is 1.38 bits per heavy atom. The Hall–Kier alpha value is -1.13. The fourth-order valence-electron chi connectivity index (χ4n) is 0.968. The number of rotatable bonds is 3. The summed E-state index contributed by atoms with van der Waals surface area (Å²) in [5, 5.41) is 2.07. The monoisotopic (exact) mass is 265 g/mol. The number of hydrogen-bond donors (Lipinski definition) is 1. The van der Waals surface area contributed by atoms with Crippen LogP contribution in [-0.2, 0) is 0 Å². The number of benzene rings is 1. The largest absolute Gasteiger partial charge is 0.347 e. The van der Waals surface area contributed by atoms with Crippen molar-refractivity contribution >= 4 is 29.1 Å². The fourth-order valence-corrected chi connectivity index (χ4v) is 1.19. The zero-order chi connectivity index (χ0) is 12.3. The molecule has 0 fully saturated rings. The molecule has 16 heavy (non-hydrogen) atoms. The molecule has 0 saturated heterocycles. The third-order valence-electron chi connectivity index (χ3n) is 1.70. The van der Waals surface area contributed by atoms with E-state index in [1.54, 1.807) is 0 Å². The molecule has 2 nitrogen and oxygen atoms in total. The third kappa shape index (κ3) is 3.18. The van der Waals surface area contributed by atoms with Crippen LogP contribution in [0.3, 0.4) is 0 Å². The van der Waals surface area contributed by atoms with E-state index in [4.69, 9.17) is 23.2 Å². The Morgan fingerprint density at radius 3 is 2.56 bits per heavy atom. The predicted octanol–water partition coefficient (Wildman–Crippen LogP) is 3.10. The van der Waals surface area contributed by atoms with E-state index in [-0.39, 0.29) is 16.6 Å². The molecule has 1 aromatic rings. The number of carbonyl (C=O) groups excluding carboxylic acids is 1. The molecule has 0 aliphatic carbocycles. The Balaban J connectivity index is 2.91. The number of hydrogen-bond acceptors (Lipinski definition) is 1. The van der Waals surface area contributed by atoms with Crippen LogP contribution in [0.5, 0.6) is 0 Å². The van der Waals surface area contributed by atoms with Gasteiger partial charge in [-0.05, 0) is 12.1 Å². The lowest BCUT2D eigenvalue weighted by Gasteiger charge is -2.05. The summed E-state index contributed by atoms with van der Waals surface area (Å²) in [7, 11) is 0. The standard InChI is InChI=1S/C10H7Cl2F2NO/c1-5(11)4-15-10(16)6-2-9(14)7(12)3-8(6)13/h2-3H,1,4H2,(H,15,16). The molecule has 0 atom stereocenters. The maximum atomic E-state index is 13.2. The molecule has 0 aromatic heterocycles. The van der Waals surface area contributed by atoms with Crippen molar-refractivity contribution in [2.45, 2.75) is 0 Å². The van der Waals surface area contributed by atoms with Crippen molar-refractivity contribution in [1.82, 2.24) is 5.32 Å². The predicted molar refractivity (Wildman–Crippen MR) is 58.7 cm³/mol. The first-order valence-electron chi connectivity index (χ1n) is 4.18. The van der Waals surface area contributed by atoms with Gasteiger partial charge in [0.25, 0.3) is 5.91 Å². The van der Waals surface area contributed by atoms with Gasteiger partial charge in [-0.3, -0.25) is 4.79 Å². The average molecular weight is 266 g/mol. The van der Waals surface area contributed by atoms with Crippen molar-refractivity contribution in [2.24, 2.45) is 0 Å². The Labute approximate surface area is 101 Å². The number of nitrogens with one attached hydrogen (secondary N) is 1. The van der Waals surface area contributed by atoms with Crippen molar-refractivity contribution in [3.05, 3.63) is 46.0 Å². The van der Waals surface area contributed by atoms with Crippen LogP contribution in [0.4, 0.5) is 8.78 Å². The van der Waals surface area contributed by atoms with E-state index in [1.807, 2.05) is 0 Å². The average Bonchev–Trinajstić information content (AvgIpc) is 2.20. The van der Waals surface area contributed by atoms with Gasteiger partial charge in [0.05, 0.1) is 17.1 Å². The summed E-state index contributed by atoms with van der Waals surface area (Å²) >= 11 is 10.7. The minimum Gasteiger partial charge on any atom is -0.347 e. The van der Waals surface area contributed by atoms with Crippen LogP contribution in [0.1, 0.15) is 10.4 Å². The summed E-state index contributed by atoms with van der Waals surface area (Å²) in [6.07, 6.45) is 0. The maximum Gasteiger partial charge on any atom is 0.254 e. The lowest BCUT2D eigenvalue weighted by Crippen LogP contribution is -2.25. The van der Waals surface area contributed by atoms with Crippen molar-refractivity contribution < 1.29 is 13.6 Å². The highest BCUT2D eigenvalue weighted by atomic mass is 35.5. The summed E-state index contributed by atoms with van der Waals surface area (Å²) < 4.78 is 26.2. The Bertz CT molecular complexity index is 449. The molecular weight excluding hydrogens is 259 g/mol. The van der Waals surface area contributed by atoms with E-state index in [9.17, 15) is 13.6 Å². The minimum absolute atomic E-state index is 0.0237. The van der Waals surface area contributed by atoms with E-state index in [2.05, 4.69) is 11.9 Å². The van der Waals surface area contributed by atoms with Gasteiger partial charge in [0.2, 0.25) is 0 Å². The van der Waals surface area contributed by atoms with Crippen molar-refractivity contribution in [1.29, 1.82) is 0 Å². The highest BCUT2D eigenvalue weighted by Crippen LogP contribution is 2.19. The highest BCUT2D eigenvalue weighted by Gasteiger charge is 2.15. The highest BCUT2D eigenvalue weighted by molar-refractivity contribution is 6.31. The summed E-state index contributed by atoms with van der Waals surface area (Å²) in [5.41, 5.74) is -0.431. The lowest BCUT2D eigenvalue weighted by molar-refractivity contribution is 0.0953. The summed E-state index contributed by atoms with van der Waals surface area (Å²) in [6, 6.07) is 1.46.